The maximum Gasteiger partial charge on any atom is 0.227 e. The number of carbonyl (C=O) groups excluding carboxylic acids is 1. The second-order valence-electron chi connectivity index (χ2n) is 6.03. The van der Waals surface area contributed by atoms with Crippen LogP contribution in [-0.4, -0.2) is 19.0 Å². The van der Waals surface area contributed by atoms with Crippen molar-refractivity contribution in [1.82, 2.24) is 5.32 Å². The summed E-state index contributed by atoms with van der Waals surface area (Å²) in [6, 6.07) is 0. The molecule has 0 heterocycles. The quantitative estimate of drug-likeness (QED) is 0.711. The lowest BCUT2D eigenvalue weighted by Gasteiger charge is -2.19. The van der Waals surface area contributed by atoms with E-state index in [0.29, 0.717) is 6.54 Å². The Morgan fingerprint density at radius 3 is 2.19 bits per heavy atom. The molecule has 0 bridgehead atoms. The number of hydrogen-bond acceptors (Lipinski definition) is 2. The first kappa shape index (κ1) is 10.6. The molecule has 3 nitrogen and oxygen atoms in total. The van der Waals surface area contributed by atoms with Crippen molar-refractivity contribution in [3.63, 3.8) is 0 Å². The van der Waals surface area contributed by atoms with Crippen LogP contribution < -0.4 is 11.1 Å². The van der Waals surface area contributed by atoms with Crippen LogP contribution in [-0.2, 0) is 4.79 Å². The molecule has 0 atom stereocenters. The van der Waals surface area contributed by atoms with Crippen molar-refractivity contribution in [2.45, 2.75) is 38.5 Å². The predicted molar refractivity (Wildman–Crippen MR) is 62.7 cm³/mol. The van der Waals surface area contributed by atoms with Crippen molar-refractivity contribution in [2.24, 2.45) is 28.9 Å². The molecule has 90 valence electrons. The fraction of sp³-hybridized carbons (Fsp3) is 0.923. The van der Waals surface area contributed by atoms with Gasteiger partial charge in [-0.25, -0.2) is 0 Å². The summed E-state index contributed by atoms with van der Waals surface area (Å²) in [5.74, 6) is 2.83. The molecule has 0 aromatic heterocycles. The molecule has 3 heteroatoms. The summed E-state index contributed by atoms with van der Waals surface area (Å²) in [5, 5.41) is 3.16. The van der Waals surface area contributed by atoms with Crippen LogP contribution in [0.25, 0.3) is 0 Å². The summed E-state index contributed by atoms with van der Waals surface area (Å²) in [6.45, 7) is 1.44. The zero-order valence-electron chi connectivity index (χ0n) is 9.87. The van der Waals surface area contributed by atoms with Crippen LogP contribution in [0.3, 0.4) is 0 Å². The minimum atomic E-state index is -0.169. The highest BCUT2D eigenvalue weighted by molar-refractivity contribution is 5.85. The first-order chi connectivity index (χ1) is 7.75. The number of hydrogen-bond donors (Lipinski definition) is 2. The van der Waals surface area contributed by atoms with Crippen LogP contribution >= 0.6 is 0 Å². The van der Waals surface area contributed by atoms with Gasteiger partial charge in [0.2, 0.25) is 5.91 Å². The van der Waals surface area contributed by atoms with E-state index in [9.17, 15) is 4.79 Å². The van der Waals surface area contributed by atoms with Crippen molar-refractivity contribution in [1.29, 1.82) is 0 Å². The normalized spacial score (nSPS) is 26.9. The smallest absolute Gasteiger partial charge is 0.227 e. The molecule has 3 rings (SSSR count). The lowest BCUT2D eigenvalue weighted by Crippen LogP contribution is -2.39. The van der Waals surface area contributed by atoms with Crippen molar-refractivity contribution < 1.29 is 4.79 Å². The van der Waals surface area contributed by atoms with Crippen molar-refractivity contribution in [3.8, 4) is 0 Å². The molecule has 0 spiro atoms. The molecule has 0 radical (unpaired) electrons. The van der Waals surface area contributed by atoms with E-state index in [-0.39, 0.29) is 11.3 Å². The third-order valence-corrected chi connectivity index (χ3v) is 4.68. The highest BCUT2D eigenvalue weighted by Gasteiger charge is 2.49. The van der Waals surface area contributed by atoms with Crippen LogP contribution in [0.2, 0.25) is 0 Å². The molecule has 0 aromatic carbocycles. The molecule has 1 amide bonds. The molecule has 0 unspecified atom stereocenters. The fourth-order valence-corrected chi connectivity index (χ4v) is 2.84. The molecule has 0 saturated heterocycles. The van der Waals surface area contributed by atoms with E-state index in [2.05, 4.69) is 5.32 Å². The average Bonchev–Trinajstić information content (AvgIpc) is 3.16. The monoisotopic (exact) mass is 222 g/mol. The Kier molecular flexibility index (Phi) is 2.46. The van der Waals surface area contributed by atoms with E-state index in [0.717, 1.165) is 37.1 Å². The molecule has 3 N–H and O–H groups in total. The molecule has 3 saturated carbocycles. The molecular weight excluding hydrogens is 200 g/mol. The van der Waals surface area contributed by atoms with Gasteiger partial charge in [-0.15, -0.1) is 0 Å². The molecule has 3 aliphatic rings. The van der Waals surface area contributed by atoms with Gasteiger partial charge in [0.25, 0.3) is 0 Å². The zero-order chi connectivity index (χ0) is 11.2. The molecule has 3 aliphatic carbocycles. The summed E-state index contributed by atoms with van der Waals surface area (Å²) in [4.78, 5) is 12.0. The predicted octanol–water partition coefficient (Wildman–Crippen LogP) is 1.28. The second-order valence-corrected chi connectivity index (χ2v) is 6.03. The average molecular weight is 222 g/mol. The number of carbonyl (C=O) groups is 1. The summed E-state index contributed by atoms with van der Waals surface area (Å²) < 4.78 is 0. The van der Waals surface area contributed by atoms with Crippen LogP contribution in [0.4, 0.5) is 0 Å². The van der Waals surface area contributed by atoms with Gasteiger partial charge in [-0.1, -0.05) is 0 Å². The Bertz CT molecular complexity index is 278. The highest BCUT2D eigenvalue weighted by atomic mass is 16.2. The molecule has 0 aliphatic heterocycles. The van der Waals surface area contributed by atoms with Crippen molar-refractivity contribution in [2.75, 3.05) is 13.1 Å². The Morgan fingerprint density at radius 2 is 1.81 bits per heavy atom. The van der Waals surface area contributed by atoms with Gasteiger partial charge in [0, 0.05) is 13.1 Å². The maximum atomic E-state index is 12.0. The number of rotatable bonds is 6. The van der Waals surface area contributed by atoms with Crippen LogP contribution in [0.15, 0.2) is 0 Å². The fourth-order valence-electron chi connectivity index (χ4n) is 2.84. The largest absolute Gasteiger partial charge is 0.355 e. The molecule has 3 fully saturated rings. The highest BCUT2D eigenvalue weighted by Crippen LogP contribution is 2.49. The summed E-state index contributed by atoms with van der Waals surface area (Å²) in [5.41, 5.74) is 5.49. The van der Waals surface area contributed by atoms with E-state index in [1.54, 1.807) is 0 Å². The van der Waals surface area contributed by atoms with Gasteiger partial charge in [0.1, 0.15) is 0 Å². The second kappa shape index (κ2) is 3.73. The maximum absolute atomic E-state index is 12.0. The van der Waals surface area contributed by atoms with Gasteiger partial charge in [-0.2, -0.15) is 0 Å². The lowest BCUT2D eigenvalue weighted by molar-refractivity contribution is -0.126. The van der Waals surface area contributed by atoms with E-state index in [1.165, 1.54) is 25.7 Å². The standard InChI is InChI=1S/C13H22N2O/c14-8-13(5-6-13)12(16)15-7-11(9-1-2-9)10-3-4-10/h9-11H,1-8,14H2,(H,15,16). The minimum Gasteiger partial charge on any atom is -0.355 e. The molecule has 16 heavy (non-hydrogen) atoms. The Labute approximate surface area is 97.2 Å². The third-order valence-electron chi connectivity index (χ3n) is 4.68. The van der Waals surface area contributed by atoms with E-state index in [4.69, 9.17) is 5.73 Å². The Balaban J connectivity index is 1.49. The first-order valence-corrected chi connectivity index (χ1v) is 6.73. The van der Waals surface area contributed by atoms with Gasteiger partial charge < -0.3 is 11.1 Å². The van der Waals surface area contributed by atoms with Gasteiger partial charge in [0.05, 0.1) is 5.41 Å². The number of nitrogens with one attached hydrogen (secondary N) is 1. The first-order valence-electron chi connectivity index (χ1n) is 6.73. The van der Waals surface area contributed by atoms with Crippen molar-refractivity contribution in [3.05, 3.63) is 0 Å². The van der Waals surface area contributed by atoms with Gasteiger partial charge in [0.15, 0.2) is 0 Å². The van der Waals surface area contributed by atoms with Crippen LogP contribution in [0.1, 0.15) is 38.5 Å². The minimum absolute atomic E-state index is 0.169. The summed E-state index contributed by atoms with van der Waals surface area (Å²) >= 11 is 0. The number of nitrogens with two attached hydrogens (primary N) is 1. The molecular formula is C13H22N2O. The third kappa shape index (κ3) is 1.97. The summed E-state index contributed by atoms with van der Waals surface area (Å²) in [7, 11) is 0. The Morgan fingerprint density at radius 1 is 1.25 bits per heavy atom. The molecule has 0 aromatic rings. The van der Waals surface area contributed by atoms with Crippen LogP contribution in [0, 0.1) is 23.2 Å². The van der Waals surface area contributed by atoms with E-state index < -0.39 is 0 Å². The lowest BCUT2D eigenvalue weighted by atomic mass is 9.97. The number of amides is 1. The van der Waals surface area contributed by atoms with Crippen LogP contribution in [0.5, 0.6) is 0 Å². The Hall–Kier alpha value is -0.570. The summed E-state index contributed by atoms with van der Waals surface area (Å²) in [6.07, 6.45) is 7.54. The van der Waals surface area contributed by atoms with E-state index >= 15 is 0 Å². The zero-order valence-corrected chi connectivity index (χ0v) is 9.87. The van der Waals surface area contributed by atoms with Crippen molar-refractivity contribution >= 4 is 5.91 Å². The van der Waals surface area contributed by atoms with Gasteiger partial charge in [-0.3, -0.25) is 4.79 Å². The van der Waals surface area contributed by atoms with Gasteiger partial charge in [-0.05, 0) is 56.3 Å². The SMILES string of the molecule is NCC1(C(=O)NCC(C2CC2)C2CC2)CC1. The topological polar surface area (TPSA) is 55.1 Å². The van der Waals surface area contributed by atoms with Gasteiger partial charge >= 0.3 is 0 Å². The van der Waals surface area contributed by atoms with E-state index in [1.807, 2.05) is 0 Å².